The predicted molar refractivity (Wildman–Crippen MR) is 140 cm³/mol. The number of benzene rings is 1. The number of carbonyl (C=O) groups excluding carboxylic acids is 1. The molecule has 0 aliphatic carbocycles. The summed E-state index contributed by atoms with van der Waals surface area (Å²) in [6.45, 7) is 2.01. The molecule has 8 nitrogen and oxygen atoms in total. The van der Waals surface area contributed by atoms with Gasteiger partial charge in [0.2, 0.25) is 5.91 Å². The summed E-state index contributed by atoms with van der Waals surface area (Å²) in [5, 5.41) is 8.22. The molecular weight excluding hydrogens is 458 g/mol. The Bertz CT molecular complexity index is 1960. The first-order valence-electron chi connectivity index (χ1n) is 11.4. The highest BCUT2D eigenvalue weighted by Crippen LogP contribution is 2.32. The quantitative estimate of drug-likeness (QED) is 0.307. The fourth-order valence-electron chi connectivity index (χ4n) is 4.59. The Kier molecular flexibility index (Phi) is 4.34. The zero-order chi connectivity index (χ0) is 23.5. The van der Waals surface area contributed by atoms with Gasteiger partial charge in [0.15, 0.2) is 5.65 Å². The molecule has 0 unspecified atom stereocenters. The predicted octanol–water partition coefficient (Wildman–Crippen LogP) is 6.22. The number of H-pyrrole nitrogens is 2. The summed E-state index contributed by atoms with van der Waals surface area (Å²) in [5.74, 6) is 0.0312. The molecule has 1 aromatic carbocycles. The van der Waals surface area contributed by atoms with Gasteiger partial charge in [-0.3, -0.25) is 29.5 Å². The second kappa shape index (κ2) is 7.57. The van der Waals surface area contributed by atoms with Gasteiger partial charge < -0.3 is 0 Å². The molecule has 2 N–H and O–H groups in total. The van der Waals surface area contributed by atoms with Gasteiger partial charge in [-0.25, -0.2) is 9.97 Å². The first-order chi connectivity index (χ1) is 17.2. The standard InChI is InChI=1S/C26H19N7OS/c1-2-4-22(34)33-15-9-14(11-27-12-15)19-10-17-20(13-28-19)31-32-25(17)26-29-18-6-3-5-16(24(18)30-26)21-7-8-23(33)35-21/h3,5-13,31-32H,2,4H2,1H3. The van der Waals surface area contributed by atoms with Gasteiger partial charge in [-0.2, -0.15) is 0 Å². The highest BCUT2D eigenvalue weighted by Gasteiger charge is 2.15. The normalized spacial score (nSPS) is 11.9. The van der Waals surface area contributed by atoms with Gasteiger partial charge in [0.25, 0.3) is 0 Å². The largest absolute Gasteiger partial charge is 0.298 e. The fraction of sp³-hybridized carbons (Fsp3) is 0.115. The van der Waals surface area contributed by atoms with E-state index in [4.69, 9.17) is 9.97 Å². The van der Waals surface area contributed by atoms with Gasteiger partial charge in [0.1, 0.15) is 10.5 Å². The molecule has 2 aliphatic heterocycles. The van der Waals surface area contributed by atoms with Crippen LogP contribution in [0.5, 0.6) is 0 Å². The van der Waals surface area contributed by atoms with Crippen LogP contribution in [0.25, 0.3) is 64.8 Å². The SMILES string of the molecule is CCCC(=O)n1c2cncc(c2)c2cc3c(cn2)[nH][nH]c-3c2nc3cccc(c4ccc1s4)c3n2. The highest BCUT2D eigenvalue weighted by molar-refractivity contribution is 7.24. The van der Waals surface area contributed by atoms with Crippen molar-refractivity contribution in [1.82, 2.24) is 34.7 Å². The summed E-state index contributed by atoms with van der Waals surface area (Å²) in [5.41, 5.74) is 6.34. The number of carbonyl (C=O) groups is 1. The van der Waals surface area contributed by atoms with Gasteiger partial charge in [-0.05, 0) is 36.8 Å². The van der Waals surface area contributed by atoms with Crippen LogP contribution in [-0.4, -0.2) is 40.6 Å². The average molecular weight is 478 g/mol. The van der Waals surface area contributed by atoms with Crippen LogP contribution in [0.2, 0.25) is 0 Å². The first kappa shape index (κ1) is 20.0. The Balaban J connectivity index is 1.73. The van der Waals surface area contributed by atoms with Gasteiger partial charge in [-0.1, -0.05) is 19.1 Å². The van der Waals surface area contributed by atoms with Crippen LogP contribution in [0, 0.1) is 0 Å². The Morgan fingerprint density at radius 2 is 1.97 bits per heavy atom. The molecule has 35 heavy (non-hydrogen) atoms. The number of imidazole rings is 1. The smallest absolute Gasteiger partial charge is 0.232 e. The lowest BCUT2D eigenvalue weighted by Gasteiger charge is -2.07. The van der Waals surface area contributed by atoms with E-state index in [-0.39, 0.29) is 5.91 Å². The zero-order valence-corrected chi connectivity index (χ0v) is 19.6. The average Bonchev–Trinajstić information content (AvgIpc) is 3.61. The van der Waals surface area contributed by atoms with Crippen molar-refractivity contribution in [1.29, 1.82) is 0 Å². The van der Waals surface area contributed by atoms with Crippen LogP contribution < -0.4 is 0 Å². The van der Waals surface area contributed by atoms with Crippen LogP contribution in [0.3, 0.4) is 0 Å². The first-order valence-corrected chi connectivity index (χ1v) is 12.2. The lowest BCUT2D eigenvalue weighted by molar-refractivity contribution is 0.0912. The van der Waals surface area contributed by atoms with Crippen LogP contribution >= 0.6 is 11.3 Å². The van der Waals surface area contributed by atoms with Crippen LogP contribution in [0.4, 0.5) is 0 Å². The number of rotatable bonds is 2. The van der Waals surface area contributed by atoms with Crippen molar-refractivity contribution in [3.8, 4) is 11.3 Å². The minimum atomic E-state index is 0.0312. The minimum absolute atomic E-state index is 0.0312. The number of hydrogen-bond donors (Lipinski definition) is 2. The molecule has 0 spiro atoms. The van der Waals surface area contributed by atoms with Gasteiger partial charge in [0.05, 0.1) is 40.0 Å². The van der Waals surface area contributed by atoms with E-state index < -0.39 is 0 Å². The minimum Gasteiger partial charge on any atom is -0.298 e. The Hall–Kier alpha value is -4.37. The number of pyridine rings is 2. The summed E-state index contributed by atoms with van der Waals surface area (Å²) in [4.78, 5) is 33.0. The van der Waals surface area contributed by atoms with Crippen molar-refractivity contribution >= 4 is 70.8 Å². The second-order valence-electron chi connectivity index (χ2n) is 8.51. The third-order valence-electron chi connectivity index (χ3n) is 6.25. The molecule has 4 aromatic heterocycles. The molecule has 9 heteroatoms. The summed E-state index contributed by atoms with van der Waals surface area (Å²) in [7, 11) is 0. The molecule has 7 rings (SSSR count). The summed E-state index contributed by atoms with van der Waals surface area (Å²) < 4.78 is 2.79. The van der Waals surface area contributed by atoms with Gasteiger partial charge >= 0.3 is 0 Å². The number of fused-ring (bicyclic) bond motifs is 9. The number of nitrogens with zero attached hydrogens (tertiary/aromatic N) is 5. The number of nitrogens with one attached hydrogen (secondary N) is 2. The van der Waals surface area contributed by atoms with Crippen molar-refractivity contribution in [3.63, 3.8) is 0 Å². The molecule has 0 saturated carbocycles. The van der Waals surface area contributed by atoms with Gasteiger partial charge in [0, 0.05) is 33.7 Å². The number of aromatic nitrogens is 7. The summed E-state index contributed by atoms with van der Waals surface area (Å²) in [6.07, 6.45) is 6.49. The number of para-hydroxylation sites is 1. The molecule has 5 aromatic rings. The topological polar surface area (TPSA) is 105 Å². The maximum atomic E-state index is 13.3. The molecular formula is C26H19N7OS. The number of aromatic amines is 2. The third kappa shape index (κ3) is 3.08. The molecule has 0 amide bonds. The summed E-state index contributed by atoms with van der Waals surface area (Å²) in [6, 6.07) is 14.0. The van der Waals surface area contributed by atoms with E-state index in [2.05, 4.69) is 26.2 Å². The van der Waals surface area contributed by atoms with E-state index in [1.807, 2.05) is 43.3 Å². The maximum absolute atomic E-state index is 13.3. The second-order valence-corrected chi connectivity index (χ2v) is 9.57. The maximum Gasteiger partial charge on any atom is 0.232 e. The lowest BCUT2D eigenvalue weighted by Crippen LogP contribution is -2.10. The number of thiophene rings is 1. The monoisotopic (exact) mass is 477 g/mol. The molecule has 0 radical (unpaired) electrons. The van der Waals surface area contributed by atoms with Gasteiger partial charge in [-0.15, -0.1) is 11.3 Å². The van der Waals surface area contributed by atoms with Crippen molar-refractivity contribution in [2.75, 3.05) is 0 Å². The Labute approximate surface area is 202 Å². The van der Waals surface area contributed by atoms with E-state index in [1.54, 1.807) is 34.5 Å². The van der Waals surface area contributed by atoms with E-state index >= 15 is 0 Å². The van der Waals surface area contributed by atoms with E-state index in [0.29, 0.717) is 12.1 Å². The number of hydrogen-bond acceptors (Lipinski definition) is 6. The lowest BCUT2D eigenvalue weighted by atomic mass is 10.1. The molecule has 0 atom stereocenters. The van der Waals surface area contributed by atoms with E-state index in [0.717, 1.165) is 65.6 Å². The Morgan fingerprint density at radius 3 is 2.89 bits per heavy atom. The van der Waals surface area contributed by atoms with Crippen LogP contribution in [-0.2, 0) is 0 Å². The van der Waals surface area contributed by atoms with Crippen molar-refractivity contribution < 1.29 is 4.79 Å². The summed E-state index contributed by atoms with van der Waals surface area (Å²) >= 11 is 1.56. The zero-order valence-electron chi connectivity index (χ0n) is 18.7. The van der Waals surface area contributed by atoms with Crippen LogP contribution in [0.15, 0.2) is 61.1 Å². The van der Waals surface area contributed by atoms with Crippen LogP contribution in [0.1, 0.15) is 24.6 Å². The molecule has 6 heterocycles. The molecule has 2 aliphatic rings. The van der Waals surface area contributed by atoms with Crippen molar-refractivity contribution in [2.24, 2.45) is 0 Å². The van der Waals surface area contributed by atoms with E-state index in [9.17, 15) is 4.79 Å². The molecule has 170 valence electrons. The highest BCUT2D eigenvalue weighted by atomic mass is 32.1. The van der Waals surface area contributed by atoms with Crippen molar-refractivity contribution in [3.05, 3.63) is 61.1 Å². The van der Waals surface area contributed by atoms with Crippen molar-refractivity contribution in [2.45, 2.75) is 19.8 Å². The Morgan fingerprint density at radius 1 is 1.03 bits per heavy atom. The van der Waals surface area contributed by atoms with E-state index in [1.165, 1.54) is 0 Å². The molecule has 8 bridgehead atoms. The third-order valence-corrected chi connectivity index (χ3v) is 7.35. The molecule has 0 fully saturated rings. The molecule has 0 saturated heterocycles. The fourth-order valence-corrected chi connectivity index (χ4v) is 5.66.